The van der Waals surface area contributed by atoms with Crippen LogP contribution in [0.1, 0.15) is 37.7 Å². The minimum Gasteiger partial charge on any atom is -0.342 e. The van der Waals surface area contributed by atoms with Crippen molar-refractivity contribution in [1.82, 2.24) is 4.90 Å². The third-order valence-electron chi connectivity index (χ3n) is 4.32. The molecule has 1 saturated heterocycles. The molecule has 2 heterocycles. The Labute approximate surface area is 123 Å². The summed E-state index contributed by atoms with van der Waals surface area (Å²) in [6.45, 7) is 3.63. The quantitative estimate of drug-likeness (QED) is 0.864. The second-order valence-corrected chi connectivity index (χ2v) is 6.07. The summed E-state index contributed by atoms with van der Waals surface area (Å²) in [4.78, 5) is 26.4. The lowest BCUT2D eigenvalue weighted by atomic mass is 9.88. The molecule has 0 saturated carbocycles. The minimum atomic E-state index is -0.486. The number of fused-ring (bicyclic) bond motifs is 1. The van der Waals surface area contributed by atoms with Crippen LogP contribution in [0.15, 0.2) is 18.2 Å². The van der Waals surface area contributed by atoms with E-state index in [1.54, 1.807) is 6.07 Å². The highest BCUT2D eigenvalue weighted by Gasteiger charge is 2.34. The number of rotatable bonds is 1. The van der Waals surface area contributed by atoms with Crippen molar-refractivity contribution in [2.45, 2.75) is 32.1 Å². The van der Waals surface area contributed by atoms with Crippen molar-refractivity contribution in [1.29, 1.82) is 0 Å². The molecule has 2 aliphatic heterocycles. The van der Waals surface area contributed by atoms with E-state index in [1.807, 2.05) is 4.90 Å². The third-order valence-corrected chi connectivity index (χ3v) is 4.32. The molecule has 1 aromatic carbocycles. The van der Waals surface area contributed by atoms with Gasteiger partial charge in [0, 0.05) is 25.2 Å². The molecule has 0 spiro atoms. The molecule has 2 unspecified atom stereocenters. The van der Waals surface area contributed by atoms with E-state index in [2.05, 4.69) is 12.2 Å². The van der Waals surface area contributed by atoms with E-state index in [-0.39, 0.29) is 18.2 Å². The Balaban J connectivity index is 1.88. The number of anilines is 1. The Morgan fingerprint density at radius 1 is 1.43 bits per heavy atom. The molecule has 0 aromatic heterocycles. The number of likely N-dealkylation sites (tertiary alicyclic amines) is 1. The maximum absolute atomic E-state index is 13.3. The molecule has 0 aliphatic carbocycles. The summed E-state index contributed by atoms with van der Waals surface area (Å²) in [5.41, 5.74) is 1.15. The lowest BCUT2D eigenvalue weighted by Gasteiger charge is -2.35. The van der Waals surface area contributed by atoms with Crippen molar-refractivity contribution >= 4 is 17.5 Å². The van der Waals surface area contributed by atoms with E-state index in [0.717, 1.165) is 31.5 Å². The van der Waals surface area contributed by atoms with Gasteiger partial charge in [-0.25, -0.2) is 4.39 Å². The fourth-order valence-electron chi connectivity index (χ4n) is 3.27. The first kappa shape index (κ1) is 14.0. The van der Waals surface area contributed by atoms with Crippen molar-refractivity contribution in [3.05, 3.63) is 29.6 Å². The summed E-state index contributed by atoms with van der Waals surface area (Å²) in [7, 11) is 0. The molecular weight excluding hydrogens is 271 g/mol. The predicted octanol–water partition coefficient (Wildman–Crippen LogP) is 2.51. The summed E-state index contributed by atoms with van der Waals surface area (Å²) >= 11 is 0. The van der Waals surface area contributed by atoms with Crippen LogP contribution in [-0.2, 0) is 9.59 Å². The molecule has 3 rings (SSSR count). The predicted molar refractivity (Wildman–Crippen MR) is 77.4 cm³/mol. The average molecular weight is 290 g/mol. The Kier molecular flexibility index (Phi) is 3.66. The number of halogens is 1. The second-order valence-electron chi connectivity index (χ2n) is 6.07. The first-order valence-electron chi connectivity index (χ1n) is 7.42. The van der Waals surface area contributed by atoms with Crippen molar-refractivity contribution in [2.75, 3.05) is 18.4 Å². The summed E-state index contributed by atoms with van der Waals surface area (Å²) in [5.74, 6) is -0.637. The van der Waals surface area contributed by atoms with Gasteiger partial charge in [-0.3, -0.25) is 9.59 Å². The molecule has 0 bridgehead atoms. The average Bonchev–Trinajstić information content (AvgIpc) is 2.45. The zero-order valence-electron chi connectivity index (χ0n) is 12.1. The number of carbonyl (C=O) groups excluding carboxylic acids is 2. The summed E-state index contributed by atoms with van der Waals surface area (Å²) in [5, 5.41) is 2.65. The SMILES string of the molecule is CC1CCCN(C(=O)C2CC(=O)Nc3cc(F)ccc32)C1. The lowest BCUT2D eigenvalue weighted by Crippen LogP contribution is -2.43. The van der Waals surface area contributed by atoms with E-state index in [4.69, 9.17) is 0 Å². The highest BCUT2D eigenvalue weighted by atomic mass is 19.1. The van der Waals surface area contributed by atoms with Gasteiger partial charge >= 0.3 is 0 Å². The van der Waals surface area contributed by atoms with Crippen molar-refractivity contribution in [2.24, 2.45) is 5.92 Å². The van der Waals surface area contributed by atoms with Crippen LogP contribution in [0.2, 0.25) is 0 Å². The number of hydrogen-bond acceptors (Lipinski definition) is 2. The topological polar surface area (TPSA) is 49.4 Å². The zero-order chi connectivity index (χ0) is 15.0. The lowest BCUT2D eigenvalue weighted by molar-refractivity contribution is -0.136. The first-order valence-corrected chi connectivity index (χ1v) is 7.42. The van der Waals surface area contributed by atoms with Crippen LogP contribution in [0.5, 0.6) is 0 Å². The number of piperidine rings is 1. The normalized spacial score (nSPS) is 25.2. The molecule has 112 valence electrons. The molecule has 1 N–H and O–H groups in total. The monoisotopic (exact) mass is 290 g/mol. The van der Waals surface area contributed by atoms with E-state index in [0.29, 0.717) is 11.6 Å². The number of nitrogens with zero attached hydrogens (tertiary/aromatic N) is 1. The van der Waals surface area contributed by atoms with Crippen LogP contribution in [0.3, 0.4) is 0 Å². The van der Waals surface area contributed by atoms with Crippen LogP contribution >= 0.6 is 0 Å². The van der Waals surface area contributed by atoms with Crippen LogP contribution < -0.4 is 5.32 Å². The summed E-state index contributed by atoms with van der Waals surface area (Å²) in [6, 6.07) is 4.24. The minimum absolute atomic E-state index is 0.00995. The van der Waals surface area contributed by atoms with Crippen LogP contribution in [0, 0.1) is 11.7 Å². The molecule has 4 nitrogen and oxygen atoms in total. The molecular formula is C16H19FN2O2. The van der Waals surface area contributed by atoms with Crippen LogP contribution in [0.25, 0.3) is 0 Å². The summed E-state index contributed by atoms with van der Waals surface area (Å²) < 4.78 is 13.3. The summed E-state index contributed by atoms with van der Waals surface area (Å²) in [6.07, 6.45) is 2.28. The van der Waals surface area contributed by atoms with Gasteiger partial charge in [-0.1, -0.05) is 13.0 Å². The van der Waals surface area contributed by atoms with Gasteiger partial charge in [-0.2, -0.15) is 0 Å². The Bertz CT molecular complexity index is 588. The van der Waals surface area contributed by atoms with E-state index in [9.17, 15) is 14.0 Å². The first-order chi connectivity index (χ1) is 10.0. The molecule has 5 heteroatoms. The molecule has 21 heavy (non-hydrogen) atoms. The number of carbonyl (C=O) groups is 2. The second kappa shape index (κ2) is 5.47. The molecule has 0 radical (unpaired) electrons. The molecule has 2 aliphatic rings. The van der Waals surface area contributed by atoms with E-state index < -0.39 is 11.7 Å². The fraction of sp³-hybridized carbons (Fsp3) is 0.500. The van der Waals surface area contributed by atoms with Gasteiger partial charge in [0.15, 0.2) is 0 Å². The Morgan fingerprint density at radius 2 is 2.24 bits per heavy atom. The maximum atomic E-state index is 13.3. The Morgan fingerprint density at radius 3 is 3.00 bits per heavy atom. The highest BCUT2D eigenvalue weighted by Crippen LogP contribution is 2.34. The molecule has 1 aromatic rings. The van der Waals surface area contributed by atoms with Crippen LogP contribution in [0.4, 0.5) is 10.1 Å². The third kappa shape index (κ3) is 2.77. The number of benzene rings is 1. The van der Waals surface area contributed by atoms with Crippen molar-refractivity contribution < 1.29 is 14.0 Å². The standard InChI is InChI=1S/C16H19FN2O2/c1-10-3-2-6-19(9-10)16(21)13-8-15(20)18-14-7-11(17)4-5-12(13)14/h4-5,7,10,13H,2-3,6,8-9H2,1H3,(H,18,20). The fourth-order valence-corrected chi connectivity index (χ4v) is 3.27. The smallest absolute Gasteiger partial charge is 0.230 e. The van der Waals surface area contributed by atoms with Gasteiger partial charge in [-0.05, 0) is 36.5 Å². The molecule has 2 amide bonds. The zero-order valence-corrected chi connectivity index (χ0v) is 12.1. The van der Waals surface area contributed by atoms with Crippen LogP contribution in [-0.4, -0.2) is 29.8 Å². The highest BCUT2D eigenvalue weighted by molar-refractivity contribution is 6.01. The van der Waals surface area contributed by atoms with Gasteiger partial charge in [0.25, 0.3) is 0 Å². The van der Waals surface area contributed by atoms with Gasteiger partial charge in [0.1, 0.15) is 5.82 Å². The number of hydrogen-bond donors (Lipinski definition) is 1. The molecule has 1 fully saturated rings. The van der Waals surface area contributed by atoms with E-state index in [1.165, 1.54) is 12.1 Å². The van der Waals surface area contributed by atoms with Gasteiger partial charge < -0.3 is 10.2 Å². The van der Waals surface area contributed by atoms with Crippen molar-refractivity contribution in [3.63, 3.8) is 0 Å². The van der Waals surface area contributed by atoms with E-state index >= 15 is 0 Å². The van der Waals surface area contributed by atoms with Gasteiger partial charge in [-0.15, -0.1) is 0 Å². The van der Waals surface area contributed by atoms with Crippen molar-refractivity contribution in [3.8, 4) is 0 Å². The van der Waals surface area contributed by atoms with Gasteiger partial charge in [0.2, 0.25) is 11.8 Å². The maximum Gasteiger partial charge on any atom is 0.230 e. The largest absolute Gasteiger partial charge is 0.342 e. The molecule has 2 atom stereocenters. The Hall–Kier alpha value is -1.91. The number of nitrogens with one attached hydrogen (secondary N) is 1. The van der Waals surface area contributed by atoms with Gasteiger partial charge in [0.05, 0.1) is 5.92 Å². The number of amides is 2.